The number of benzene rings is 1. The van der Waals surface area contributed by atoms with Crippen LogP contribution in [0.2, 0.25) is 0 Å². The summed E-state index contributed by atoms with van der Waals surface area (Å²) in [5.74, 6) is 1.75. The van der Waals surface area contributed by atoms with Crippen molar-refractivity contribution >= 4 is 0 Å². The Morgan fingerprint density at radius 3 is 2.52 bits per heavy atom. The lowest BCUT2D eigenvalue weighted by molar-refractivity contribution is 0.184. The van der Waals surface area contributed by atoms with Crippen LogP contribution in [0.1, 0.15) is 38.7 Å². The van der Waals surface area contributed by atoms with Crippen molar-refractivity contribution in [2.75, 3.05) is 26.9 Å². The van der Waals surface area contributed by atoms with Crippen LogP contribution in [0.15, 0.2) is 18.2 Å². The molecule has 0 aliphatic carbocycles. The summed E-state index contributed by atoms with van der Waals surface area (Å²) in [5, 5.41) is 0. The van der Waals surface area contributed by atoms with Crippen molar-refractivity contribution in [1.82, 2.24) is 0 Å². The Bertz CT molecular complexity index is 394. The lowest BCUT2D eigenvalue weighted by atomic mass is 10.1. The van der Waals surface area contributed by atoms with E-state index in [0.29, 0.717) is 6.61 Å². The molecule has 0 spiro atoms. The molecule has 0 amide bonds. The average Bonchev–Trinajstić information content (AvgIpc) is 2.46. The number of ether oxygens (including phenoxy) is 3. The molecule has 0 aliphatic rings. The van der Waals surface area contributed by atoms with Gasteiger partial charge in [-0.2, -0.15) is 0 Å². The highest BCUT2D eigenvalue weighted by molar-refractivity contribution is 5.41. The van der Waals surface area contributed by atoms with E-state index in [2.05, 4.69) is 13.0 Å². The number of hydrogen-bond acceptors (Lipinski definition) is 4. The van der Waals surface area contributed by atoms with E-state index in [9.17, 15) is 0 Å². The molecule has 4 nitrogen and oxygen atoms in total. The van der Waals surface area contributed by atoms with E-state index >= 15 is 0 Å². The fraction of sp³-hybridized carbons (Fsp3) is 0.647. The van der Waals surface area contributed by atoms with Gasteiger partial charge in [-0.1, -0.05) is 13.0 Å². The van der Waals surface area contributed by atoms with Crippen LogP contribution in [0.25, 0.3) is 0 Å². The minimum Gasteiger partial charge on any atom is -0.493 e. The summed E-state index contributed by atoms with van der Waals surface area (Å²) in [5.41, 5.74) is 7.04. The van der Waals surface area contributed by atoms with Crippen molar-refractivity contribution in [3.8, 4) is 11.5 Å². The van der Waals surface area contributed by atoms with Gasteiger partial charge < -0.3 is 19.9 Å². The smallest absolute Gasteiger partial charge is 0.126 e. The van der Waals surface area contributed by atoms with E-state index in [0.717, 1.165) is 56.0 Å². The van der Waals surface area contributed by atoms with Crippen molar-refractivity contribution in [3.63, 3.8) is 0 Å². The zero-order valence-corrected chi connectivity index (χ0v) is 13.6. The van der Waals surface area contributed by atoms with Gasteiger partial charge in [0, 0.05) is 25.8 Å². The summed E-state index contributed by atoms with van der Waals surface area (Å²) in [6, 6.07) is 6.14. The van der Waals surface area contributed by atoms with E-state index in [1.54, 1.807) is 7.11 Å². The molecule has 1 aromatic rings. The molecule has 0 saturated carbocycles. The Hall–Kier alpha value is -1.26. The van der Waals surface area contributed by atoms with E-state index in [1.807, 2.05) is 19.1 Å². The summed E-state index contributed by atoms with van der Waals surface area (Å²) in [6.45, 7) is 6.28. The molecule has 0 bridgehead atoms. The van der Waals surface area contributed by atoms with Gasteiger partial charge in [0.2, 0.25) is 0 Å². The lowest BCUT2D eigenvalue weighted by Gasteiger charge is -2.15. The predicted molar refractivity (Wildman–Crippen MR) is 86.2 cm³/mol. The number of nitrogens with two attached hydrogens (primary N) is 1. The van der Waals surface area contributed by atoms with Crippen LogP contribution >= 0.6 is 0 Å². The monoisotopic (exact) mass is 295 g/mol. The second-order valence-corrected chi connectivity index (χ2v) is 5.35. The third kappa shape index (κ3) is 7.34. The van der Waals surface area contributed by atoms with Gasteiger partial charge in [-0.05, 0) is 44.2 Å². The Morgan fingerprint density at radius 2 is 1.86 bits per heavy atom. The highest BCUT2D eigenvalue weighted by Crippen LogP contribution is 2.26. The number of methoxy groups -OCH3 is 1. The van der Waals surface area contributed by atoms with Gasteiger partial charge in [0.15, 0.2) is 0 Å². The highest BCUT2D eigenvalue weighted by Gasteiger charge is 2.08. The minimum atomic E-state index is 0.114. The molecule has 0 heterocycles. The Balaban J connectivity index is 2.64. The fourth-order valence-corrected chi connectivity index (χ4v) is 2.03. The van der Waals surface area contributed by atoms with Gasteiger partial charge in [0.1, 0.15) is 11.5 Å². The SMILES string of the molecule is CCCOc1ccc(CC(C)N)c(OCCCCOC)c1. The normalized spacial score (nSPS) is 12.2. The Labute approximate surface area is 128 Å². The lowest BCUT2D eigenvalue weighted by Crippen LogP contribution is -2.18. The summed E-state index contributed by atoms with van der Waals surface area (Å²) in [4.78, 5) is 0. The molecule has 4 heteroatoms. The molecule has 0 saturated heterocycles. The average molecular weight is 295 g/mol. The number of hydrogen-bond donors (Lipinski definition) is 1. The number of rotatable bonds is 11. The first-order chi connectivity index (χ1) is 10.2. The van der Waals surface area contributed by atoms with E-state index < -0.39 is 0 Å². The summed E-state index contributed by atoms with van der Waals surface area (Å²) < 4.78 is 16.6. The summed E-state index contributed by atoms with van der Waals surface area (Å²) in [7, 11) is 1.72. The fourth-order valence-electron chi connectivity index (χ4n) is 2.03. The highest BCUT2D eigenvalue weighted by atomic mass is 16.5. The van der Waals surface area contributed by atoms with Crippen molar-refractivity contribution in [1.29, 1.82) is 0 Å². The van der Waals surface area contributed by atoms with Crippen molar-refractivity contribution < 1.29 is 14.2 Å². The quantitative estimate of drug-likeness (QED) is 0.637. The maximum absolute atomic E-state index is 5.91. The van der Waals surface area contributed by atoms with Crippen LogP contribution in [0.3, 0.4) is 0 Å². The maximum Gasteiger partial charge on any atom is 0.126 e. The maximum atomic E-state index is 5.91. The molecule has 0 fully saturated rings. The van der Waals surface area contributed by atoms with Crippen molar-refractivity contribution in [2.24, 2.45) is 5.73 Å². The minimum absolute atomic E-state index is 0.114. The van der Waals surface area contributed by atoms with E-state index in [-0.39, 0.29) is 6.04 Å². The van der Waals surface area contributed by atoms with Crippen LogP contribution in [0.5, 0.6) is 11.5 Å². The molecule has 1 aromatic carbocycles. The van der Waals surface area contributed by atoms with Crippen LogP contribution < -0.4 is 15.2 Å². The molecule has 120 valence electrons. The molecular weight excluding hydrogens is 266 g/mol. The molecule has 1 atom stereocenters. The van der Waals surface area contributed by atoms with Crippen LogP contribution in [-0.2, 0) is 11.2 Å². The summed E-state index contributed by atoms with van der Waals surface area (Å²) in [6.07, 6.45) is 3.78. The molecule has 1 rings (SSSR count). The standard InChI is InChI=1S/C17H29NO3/c1-4-9-20-16-8-7-15(12-14(2)18)17(13-16)21-11-6-5-10-19-3/h7-8,13-14H,4-6,9-12,18H2,1-3H3. The van der Waals surface area contributed by atoms with Crippen molar-refractivity contribution in [3.05, 3.63) is 23.8 Å². The van der Waals surface area contributed by atoms with Gasteiger partial charge in [-0.25, -0.2) is 0 Å². The van der Waals surface area contributed by atoms with Gasteiger partial charge in [0.25, 0.3) is 0 Å². The molecule has 0 aromatic heterocycles. The second-order valence-electron chi connectivity index (χ2n) is 5.35. The largest absolute Gasteiger partial charge is 0.493 e. The summed E-state index contributed by atoms with van der Waals surface area (Å²) >= 11 is 0. The first kappa shape index (κ1) is 17.8. The number of unbranched alkanes of at least 4 members (excludes halogenated alkanes) is 1. The third-order valence-electron chi connectivity index (χ3n) is 3.05. The van der Waals surface area contributed by atoms with Crippen LogP contribution in [0, 0.1) is 0 Å². The van der Waals surface area contributed by atoms with Crippen LogP contribution in [0.4, 0.5) is 0 Å². The molecular formula is C17H29NO3. The molecule has 1 unspecified atom stereocenters. The van der Waals surface area contributed by atoms with Gasteiger partial charge in [0.05, 0.1) is 13.2 Å². The topological polar surface area (TPSA) is 53.7 Å². The second kappa shape index (κ2) is 10.5. The first-order valence-corrected chi connectivity index (χ1v) is 7.80. The van der Waals surface area contributed by atoms with Gasteiger partial charge >= 0.3 is 0 Å². The molecule has 0 radical (unpaired) electrons. The molecule has 0 aliphatic heterocycles. The van der Waals surface area contributed by atoms with E-state index in [4.69, 9.17) is 19.9 Å². The van der Waals surface area contributed by atoms with Gasteiger partial charge in [-0.3, -0.25) is 0 Å². The molecule has 21 heavy (non-hydrogen) atoms. The van der Waals surface area contributed by atoms with Crippen LogP contribution in [-0.4, -0.2) is 33.0 Å². The first-order valence-electron chi connectivity index (χ1n) is 7.80. The zero-order valence-electron chi connectivity index (χ0n) is 13.6. The van der Waals surface area contributed by atoms with Gasteiger partial charge in [-0.15, -0.1) is 0 Å². The Kier molecular flexibility index (Phi) is 8.87. The zero-order chi connectivity index (χ0) is 15.5. The van der Waals surface area contributed by atoms with Crippen molar-refractivity contribution in [2.45, 2.75) is 45.6 Å². The van der Waals surface area contributed by atoms with E-state index in [1.165, 1.54) is 0 Å². The predicted octanol–water partition coefficient (Wildman–Crippen LogP) is 3.17. The molecule has 2 N–H and O–H groups in total. The third-order valence-corrected chi connectivity index (χ3v) is 3.05. The Morgan fingerprint density at radius 1 is 1.10 bits per heavy atom.